The second-order valence-corrected chi connectivity index (χ2v) is 4.49. The summed E-state index contributed by atoms with van der Waals surface area (Å²) in [5.41, 5.74) is 1.03. The number of hydrogen-bond acceptors (Lipinski definition) is 3. The Morgan fingerprint density at radius 2 is 2.31 bits per heavy atom. The zero-order valence-electron chi connectivity index (χ0n) is 9.35. The third-order valence-electron chi connectivity index (χ3n) is 2.94. The molecule has 0 fully saturated rings. The number of benzene rings is 1. The largest absolute Gasteiger partial charge is 0.383 e. The summed E-state index contributed by atoms with van der Waals surface area (Å²) in [5.74, 6) is 0. The maximum absolute atomic E-state index is 10.7. The minimum Gasteiger partial charge on any atom is -0.383 e. The quantitative estimate of drug-likeness (QED) is 0.788. The highest BCUT2D eigenvalue weighted by Gasteiger charge is 2.29. The lowest BCUT2D eigenvalue weighted by atomic mass is 9.90. The number of aliphatic hydroxyl groups is 1. The van der Waals surface area contributed by atoms with Crippen molar-refractivity contribution in [3.05, 3.63) is 35.4 Å². The molecule has 1 aromatic carbocycles. The number of hydrogen-bond donors (Lipinski definition) is 1. The molecule has 1 N–H and O–H groups in total. The first-order valence-electron chi connectivity index (χ1n) is 5.50. The predicted molar refractivity (Wildman–Crippen MR) is 60.1 cm³/mol. The Kier molecular flexibility index (Phi) is 3.08. The van der Waals surface area contributed by atoms with Crippen molar-refractivity contribution in [3.63, 3.8) is 0 Å². The molecule has 0 radical (unpaired) electrons. The van der Waals surface area contributed by atoms with Gasteiger partial charge in [0.05, 0.1) is 12.7 Å². The molecule has 0 aromatic heterocycles. The highest BCUT2D eigenvalue weighted by molar-refractivity contribution is 5.61. The molecule has 0 bridgehead atoms. The number of carbonyl (C=O) groups is 1. The van der Waals surface area contributed by atoms with Gasteiger partial charge >= 0.3 is 0 Å². The molecule has 1 heterocycles. The maximum Gasteiger partial charge on any atom is 0.151 e. The lowest BCUT2D eigenvalue weighted by Gasteiger charge is -2.29. The van der Waals surface area contributed by atoms with Gasteiger partial charge in [0, 0.05) is 6.42 Å². The van der Waals surface area contributed by atoms with E-state index in [0.29, 0.717) is 19.3 Å². The summed E-state index contributed by atoms with van der Waals surface area (Å²) in [6.45, 7) is 2.16. The summed E-state index contributed by atoms with van der Waals surface area (Å²) < 4.78 is 5.62. The number of rotatable bonds is 3. The first-order valence-corrected chi connectivity index (χ1v) is 5.50. The van der Waals surface area contributed by atoms with E-state index in [1.165, 1.54) is 12.5 Å². The molecule has 2 unspecified atom stereocenters. The van der Waals surface area contributed by atoms with E-state index in [2.05, 4.69) is 6.07 Å². The maximum atomic E-state index is 10.7. The van der Waals surface area contributed by atoms with Crippen LogP contribution in [0.25, 0.3) is 0 Å². The molecule has 16 heavy (non-hydrogen) atoms. The van der Waals surface area contributed by atoms with E-state index >= 15 is 0 Å². The van der Waals surface area contributed by atoms with Crippen molar-refractivity contribution in [1.82, 2.24) is 0 Å². The van der Waals surface area contributed by atoms with Gasteiger partial charge in [0.1, 0.15) is 5.60 Å². The van der Waals surface area contributed by atoms with E-state index in [9.17, 15) is 9.90 Å². The molecule has 1 aliphatic heterocycles. The second kappa shape index (κ2) is 4.36. The molecule has 0 saturated carbocycles. The van der Waals surface area contributed by atoms with Crippen molar-refractivity contribution in [2.24, 2.45) is 0 Å². The molecule has 3 nitrogen and oxygen atoms in total. The van der Waals surface area contributed by atoms with Crippen LogP contribution < -0.4 is 0 Å². The summed E-state index contributed by atoms with van der Waals surface area (Å²) in [6.07, 6.45) is 1.61. The van der Waals surface area contributed by atoms with Crippen LogP contribution in [0.1, 0.15) is 30.6 Å². The van der Waals surface area contributed by atoms with Crippen molar-refractivity contribution < 1.29 is 14.6 Å². The highest BCUT2D eigenvalue weighted by atomic mass is 16.5. The van der Waals surface area contributed by atoms with Gasteiger partial charge in [0.15, 0.2) is 6.29 Å². The van der Waals surface area contributed by atoms with Crippen LogP contribution in [0, 0.1) is 0 Å². The zero-order valence-corrected chi connectivity index (χ0v) is 9.35. The fraction of sp³-hybridized carbons (Fsp3) is 0.462. The summed E-state index contributed by atoms with van der Waals surface area (Å²) in [7, 11) is 0. The third-order valence-corrected chi connectivity index (χ3v) is 2.94. The Balaban J connectivity index is 2.22. The van der Waals surface area contributed by atoms with Gasteiger partial charge in [-0.2, -0.15) is 0 Å². The lowest BCUT2D eigenvalue weighted by Crippen LogP contribution is -2.31. The van der Waals surface area contributed by atoms with Gasteiger partial charge in [-0.15, -0.1) is 0 Å². The van der Waals surface area contributed by atoms with E-state index < -0.39 is 5.60 Å². The summed E-state index contributed by atoms with van der Waals surface area (Å²) in [4.78, 5) is 10.7. The molecule has 0 saturated heterocycles. The van der Waals surface area contributed by atoms with Gasteiger partial charge in [0.2, 0.25) is 0 Å². The molecule has 1 aliphatic rings. The van der Waals surface area contributed by atoms with Crippen LogP contribution in [0.5, 0.6) is 0 Å². The Bertz CT molecular complexity index is 385. The van der Waals surface area contributed by atoms with Gasteiger partial charge in [-0.3, -0.25) is 0 Å². The Hall–Kier alpha value is -1.19. The molecule has 0 amide bonds. The first kappa shape index (κ1) is 11.3. The zero-order chi connectivity index (χ0) is 11.6. The number of carbonyl (C=O) groups excluding carboxylic acids is 1. The van der Waals surface area contributed by atoms with Crippen molar-refractivity contribution in [2.75, 3.05) is 6.61 Å². The third kappa shape index (κ3) is 2.31. The van der Waals surface area contributed by atoms with Crippen molar-refractivity contribution in [3.8, 4) is 0 Å². The van der Waals surface area contributed by atoms with Gasteiger partial charge in [-0.1, -0.05) is 24.3 Å². The first-order chi connectivity index (χ1) is 7.62. The smallest absolute Gasteiger partial charge is 0.151 e. The average Bonchev–Trinajstić information content (AvgIpc) is 2.29. The molecule has 0 aliphatic carbocycles. The Morgan fingerprint density at radius 1 is 1.56 bits per heavy atom. The van der Waals surface area contributed by atoms with Gasteiger partial charge in [0.25, 0.3) is 0 Å². The molecule has 2 rings (SSSR count). The fourth-order valence-corrected chi connectivity index (χ4v) is 2.07. The van der Waals surface area contributed by atoms with Crippen LogP contribution in [0.4, 0.5) is 0 Å². The molecule has 2 atom stereocenters. The minimum absolute atomic E-state index is 0.176. The van der Waals surface area contributed by atoms with Gasteiger partial charge in [-0.05, 0) is 24.5 Å². The van der Waals surface area contributed by atoms with E-state index in [1.54, 1.807) is 0 Å². The highest BCUT2D eigenvalue weighted by Crippen LogP contribution is 2.32. The molecule has 0 spiro atoms. The van der Waals surface area contributed by atoms with Crippen LogP contribution >= 0.6 is 0 Å². The van der Waals surface area contributed by atoms with E-state index in [-0.39, 0.29) is 6.10 Å². The Labute approximate surface area is 95.0 Å². The molecule has 1 aromatic rings. The van der Waals surface area contributed by atoms with Crippen LogP contribution in [0.3, 0.4) is 0 Å². The van der Waals surface area contributed by atoms with Crippen molar-refractivity contribution in [2.45, 2.75) is 31.5 Å². The summed E-state index contributed by atoms with van der Waals surface area (Å²) in [6, 6.07) is 8.02. The molecule has 86 valence electrons. The number of ether oxygens (including phenoxy) is 1. The monoisotopic (exact) mass is 220 g/mol. The van der Waals surface area contributed by atoms with Crippen LogP contribution in [-0.2, 0) is 16.0 Å². The SMILES string of the molecule is CC(O)(C=O)CC1OCCc2ccccc21. The van der Waals surface area contributed by atoms with Crippen molar-refractivity contribution in [1.29, 1.82) is 0 Å². The lowest BCUT2D eigenvalue weighted by molar-refractivity contribution is -0.127. The number of fused-ring (bicyclic) bond motifs is 1. The Morgan fingerprint density at radius 3 is 3.06 bits per heavy atom. The van der Waals surface area contributed by atoms with E-state index in [0.717, 1.165) is 12.0 Å². The predicted octanol–water partition coefficient (Wildman–Crippen LogP) is 1.64. The van der Waals surface area contributed by atoms with Crippen LogP contribution in [0.15, 0.2) is 24.3 Å². The summed E-state index contributed by atoms with van der Waals surface area (Å²) in [5, 5.41) is 9.75. The van der Waals surface area contributed by atoms with Crippen LogP contribution in [0.2, 0.25) is 0 Å². The topological polar surface area (TPSA) is 46.5 Å². The van der Waals surface area contributed by atoms with E-state index in [1.807, 2.05) is 18.2 Å². The van der Waals surface area contributed by atoms with Gasteiger partial charge in [-0.25, -0.2) is 0 Å². The fourth-order valence-electron chi connectivity index (χ4n) is 2.07. The standard InChI is InChI=1S/C13H16O3/c1-13(15,9-14)8-12-11-5-3-2-4-10(11)6-7-16-12/h2-5,9,12,15H,6-8H2,1H3. The average molecular weight is 220 g/mol. The van der Waals surface area contributed by atoms with Gasteiger partial charge < -0.3 is 14.6 Å². The summed E-state index contributed by atoms with van der Waals surface area (Å²) >= 11 is 0. The second-order valence-electron chi connectivity index (χ2n) is 4.49. The van der Waals surface area contributed by atoms with Crippen molar-refractivity contribution >= 4 is 6.29 Å². The van der Waals surface area contributed by atoms with E-state index in [4.69, 9.17) is 4.74 Å². The number of aldehydes is 1. The molecular weight excluding hydrogens is 204 g/mol. The molecule has 3 heteroatoms. The molecular formula is C13H16O3. The van der Waals surface area contributed by atoms with Crippen LogP contribution in [-0.4, -0.2) is 23.6 Å². The minimum atomic E-state index is -1.31. The normalized spacial score (nSPS) is 23.2.